The molecule has 1 aliphatic heterocycles. The van der Waals surface area contributed by atoms with Gasteiger partial charge in [-0.3, -0.25) is 9.88 Å². The first kappa shape index (κ1) is 21.6. The first-order valence-electron chi connectivity index (χ1n) is 10.6. The lowest BCUT2D eigenvalue weighted by molar-refractivity contribution is 0.0886. The maximum Gasteiger partial charge on any atom is 0.409 e. The number of methoxy groups -OCH3 is 1. The number of aryl methyl sites for hydroxylation is 1. The second kappa shape index (κ2) is 9.69. The number of hydrogen-bond acceptors (Lipinski definition) is 5. The fraction of sp³-hybridized carbons (Fsp3) is 0.348. The molecule has 3 heterocycles. The number of piperazine rings is 1. The minimum Gasteiger partial charge on any atom is -0.453 e. The number of carbonyl (C=O) groups excluding carboxylic acids is 2. The fourth-order valence-electron chi connectivity index (χ4n) is 3.86. The van der Waals surface area contributed by atoms with Gasteiger partial charge in [-0.05, 0) is 30.7 Å². The highest BCUT2D eigenvalue weighted by Gasteiger charge is 2.21. The van der Waals surface area contributed by atoms with Crippen molar-refractivity contribution in [1.82, 2.24) is 25.1 Å². The first-order chi connectivity index (χ1) is 15.5. The van der Waals surface area contributed by atoms with Crippen LogP contribution in [0.5, 0.6) is 0 Å². The molecule has 0 saturated carbocycles. The summed E-state index contributed by atoms with van der Waals surface area (Å²) in [6.45, 7) is 6.00. The highest BCUT2D eigenvalue weighted by molar-refractivity contribution is 5.89. The monoisotopic (exact) mass is 436 g/mol. The molecule has 1 saturated heterocycles. The van der Waals surface area contributed by atoms with E-state index in [-0.39, 0.29) is 12.1 Å². The molecular formula is C23H28N6O3. The quantitative estimate of drug-likeness (QED) is 0.570. The predicted octanol–water partition coefficient (Wildman–Crippen LogP) is 3.08. The lowest BCUT2D eigenvalue weighted by Crippen LogP contribution is -2.48. The van der Waals surface area contributed by atoms with Gasteiger partial charge in [-0.1, -0.05) is 18.2 Å². The Balaban J connectivity index is 1.35. The van der Waals surface area contributed by atoms with E-state index in [1.54, 1.807) is 11.1 Å². The highest BCUT2D eigenvalue weighted by Crippen LogP contribution is 2.21. The lowest BCUT2D eigenvalue weighted by atomic mass is 10.1. The van der Waals surface area contributed by atoms with E-state index in [4.69, 9.17) is 4.74 Å². The number of anilines is 1. The summed E-state index contributed by atoms with van der Waals surface area (Å²) in [5, 5.41) is 6.81. The van der Waals surface area contributed by atoms with Gasteiger partial charge in [0.2, 0.25) is 0 Å². The molecule has 3 N–H and O–H groups in total. The number of nitrogens with zero attached hydrogens (tertiary/aromatic N) is 3. The molecule has 4 rings (SSSR count). The summed E-state index contributed by atoms with van der Waals surface area (Å²) in [7, 11) is 1.41. The van der Waals surface area contributed by atoms with Gasteiger partial charge in [-0.15, -0.1) is 0 Å². The van der Waals surface area contributed by atoms with E-state index in [9.17, 15) is 9.59 Å². The third-order valence-electron chi connectivity index (χ3n) is 5.61. The van der Waals surface area contributed by atoms with E-state index >= 15 is 0 Å². The SMILES string of the molecule is COC(=O)N1CCN(Cc2cc3cccc(CNC(=O)Nc4ccc(C)nc4)c3[nH]2)CC1. The molecule has 0 aliphatic carbocycles. The zero-order valence-electron chi connectivity index (χ0n) is 18.4. The summed E-state index contributed by atoms with van der Waals surface area (Å²) in [6.07, 6.45) is 1.37. The number of nitrogens with one attached hydrogen (secondary N) is 3. The number of para-hydroxylation sites is 1. The van der Waals surface area contributed by atoms with Crippen molar-refractivity contribution in [2.45, 2.75) is 20.0 Å². The number of amides is 3. The second-order valence-electron chi connectivity index (χ2n) is 7.91. The van der Waals surface area contributed by atoms with Crippen LogP contribution in [0, 0.1) is 6.92 Å². The van der Waals surface area contributed by atoms with Gasteiger partial charge in [-0.2, -0.15) is 0 Å². The van der Waals surface area contributed by atoms with Gasteiger partial charge < -0.3 is 25.3 Å². The Morgan fingerprint density at radius 3 is 2.69 bits per heavy atom. The average molecular weight is 437 g/mol. The van der Waals surface area contributed by atoms with Crippen LogP contribution in [0.15, 0.2) is 42.6 Å². The molecule has 1 aromatic carbocycles. The number of aromatic nitrogens is 2. The van der Waals surface area contributed by atoms with Crippen LogP contribution in [0.4, 0.5) is 15.3 Å². The average Bonchev–Trinajstić information content (AvgIpc) is 3.22. The van der Waals surface area contributed by atoms with Crippen molar-refractivity contribution in [3.63, 3.8) is 0 Å². The number of hydrogen-bond donors (Lipinski definition) is 3. The van der Waals surface area contributed by atoms with Crippen LogP contribution in [0.3, 0.4) is 0 Å². The van der Waals surface area contributed by atoms with Crippen molar-refractivity contribution in [2.24, 2.45) is 0 Å². The Morgan fingerprint density at radius 2 is 1.97 bits per heavy atom. The van der Waals surface area contributed by atoms with Crippen LogP contribution in [0.2, 0.25) is 0 Å². The molecule has 0 radical (unpaired) electrons. The third kappa shape index (κ3) is 5.17. The van der Waals surface area contributed by atoms with Gasteiger partial charge in [0.25, 0.3) is 0 Å². The molecule has 32 heavy (non-hydrogen) atoms. The van der Waals surface area contributed by atoms with Crippen molar-refractivity contribution < 1.29 is 14.3 Å². The van der Waals surface area contributed by atoms with Crippen LogP contribution in [0.25, 0.3) is 10.9 Å². The van der Waals surface area contributed by atoms with E-state index in [0.717, 1.165) is 47.5 Å². The summed E-state index contributed by atoms with van der Waals surface area (Å²) in [4.78, 5) is 35.6. The minimum absolute atomic E-state index is 0.268. The zero-order chi connectivity index (χ0) is 22.5. The Kier molecular flexibility index (Phi) is 6.55. The van der Waals surface area contributed by atoms with Gasteiger partial charge in [0.15, 0.2) is 0 Å². The molecule has 0 spiro atoms. The number of urea groups is 1. The van der Waals surface area contributed by atoms with E-state index in [1.165, 1.54) is 7.11 Å². The van der Waals surface area contributed by atoms with Crippen LogP contribution >= 0.6 is 0 Å². The number of carbonyl (C=O) groups is 2. The molecular weight excluding hydrogens is 408 g/mol. The van der Waals surface area contributed by atoms with Gasteiger partial charge in [0, 0.05) is 56.0 Å². The van der Waals surface area contributed by atoms with Crippen molar-refractivity contribution in [3.8, 4) is 0 Å². The number of pyridine rings is 1. The smallest absolute Gasteiger partial charge is 0.409 e. The molecule has 3 aromatic rings. The molecule has 2 aromatic heterocycles. The molecule has 1 aliphatic rings. The van der Waals surface area contributed by atoms with Crippen molar-refractivity contribution in [3.05, 3.63) is 59.5 Å². The summed E-state index contributed by atoms with van der Waals surface area (Å²) >= 11 is 0. The molecule has 0 atom stereocenters. The number of H-pyrrole nitrogens is 1. The molecule has 9 nitrogen and oxygen atoms in total. The van der Waals surface area contributed by atoms with Gasteiger partial charge >= 0.3 is 12.1 Å². The molecule has 168 valence electrons. The van der Waals surface area contributed by atoms with Crippen LogP contribution in [-0.4, -0.2) is 65.2 Å². The number of fused-ring (bicyclic) bond motifs is 1. The van der Waals surface area contributed by atoms with Gasteiger partial charge in [0.05, 0.1) is 24.5 Å². The van der Waals surface area contributed by atoms with E-state index in [0.29, 0.717) is 25.3 Å². The van der Waals surface area contributed by atoms with Gasteiger partial charge in [-0.25, -0.2) is 9.59 Å². The van der Waals surface area contributed by atoms with Crippen molar-refractivity contribution >= 4 is 28.7 Å². The molecule has 0 bridgehead atoms. The first-order valence-corrected chi connectivity index (χ1v) is 10.6. The van der Waals surface area contributed by atoms with Crippen molar-refractivity contribution in [1.29, 1.82) is 0 Å². The standard InChI is InChI=1S/C23H28N6O3/c1-16-6-7-19(14-24-16)27-22(30)25-13-18-5-3-4-17-12-20(26-21(17)18)15-28-8-10-29(11-9-28)23(31)32-2/h3-7,12,14,26H,8-11,13,15H2,1-2H3,(H2,25,27,30). The van der Waals surface area contributed by atoms with Crippen LogP contribution < -0.4 is 10.6 Å². The normalized spacial score (nSPS) is 14.4. The molecule has 0 unspecified atom stereocenters. The summed E-state index contributed by atoms with van der Waals surface area (Å²) in [5.74, 6) is 0. The Labute approximate surface area is 186 Å². The van der Waals surface area contributed by atoms with E-state index in [1.807, 2.05) is 31.2 Å². The third-order valence-corrected chi connectivity index (χ3v) is 5.61. The second-order valence-corrected chi connectivity index (χ2v) is 7.91. The number of rotatable bonds is 5. The summed E-state index contributed by atoms with van der Waals surface area (Å²) in [6, 6.07) is 11.6. The van der Waals surface area contributed by atoms with Crippen LogP contribution in [-0.2, 0) is 17.8 Å². The maximum absolute atomic E-state index is 12.3. The Bertz CT molecular complexity index is 1090. The summed E-state index contributed by atoms with van der Waals surface area (Å²) in [5.41, 5.74) is 4.69. The Hall–Kier alpha value is -3.59. The molecule has 9 heteroatoms. The van der Waals surface area contributed by atoms with Crippen LogP contribution in [0.1, 0.15) is 17.0 Å². The largest absolute Gasteiger partial charge is 0.453 e. The number of aromatic amines is 1. The predicted molar refractivity (Wildman–Crippen MR) is 122 cm³/mol. The van der Waals surface area contributed by atoms with Crippen molar-refractivity contribution in [2.75, 3.05) is 38.6 Å². The number of ether oxygens (including phenoxy) is 1. The molecule has 1 fully saturated rings. The minimum atomic E-state index is -0.275. The Morgan fingerprint density at radius 1 is 1.16 bits per heavy atom. The topological polar surface area (TPSA) is 103 Å². The highest BCUT2D eigenvalue weighted by atomic mass is 16.5. The zero-order valence-corrected chi connectivity index (χ0v) is 18.4. The van der Waals surface area contributed by atoms with E-state index in [2.05, 4.69) is 37.6 Å². The van der Waals surface area contributed by atoms with Gasteiger partial charge in [0.1, 0.15) is 0 Å². The van der Waals surface area contributed by atoms with E-state index < -0.39 is 0 Å². The fourth-order valence-corrected chi connectivity index (χ4v) is 3.86. The lowest BCUT2D eigenvalue weighted by Gasteiger charge is -2.33. The summed E-state index contributed by atoms with van der Waals surface area (Å²) < 4.78 is 4.80. The number of benzene rings is 1. The molecule has 3 amide bonds. The maximum atomic E-state index is 12.3.